The molecule has 0 N–H and O–H groups in total. The van der Waals surface area contributed by atoms with Gasteiger partial charge in [0.15, 0.2) is 0 Å². The van der Waals surface area contributed by atoms with E-state index >= 15 is 0 Å². The van der Waals surface area contributed by atoms with Crippen LogP contribution in [0.1, 0.15) is 41.4 Å². The third-order valence-corrected chi connectivity index (χ3v) is 5.53. The summed E-state index contributed by atoms with van der Waals surface area (Å²) in [7, 11) is 0. The van der Waals surface area contributed by atoms with Crippen LogP contribution < -0.4 is 9.47 Å². The Morgan fingerprint density at radius 1 is 0.471 bits per heavy atom. The van der Waals surface area contributed by atoms with Crippen LogP contribution in [-0.4, -0.2) is 23.9 Å². The number of hydrogen-bond acceptors (Lipinski definition) is 8. The highest BCUT2D eigenvalue weighted by Crippen LogP contribution is 2.38. The van der Waals surface area contributed by atoms with E-state index < -0.39 is 23.9 Å². The molecule has 0 saturated carbocycles. The number of benzene rings is 4. The van der Waals surface area contributed by atoms with E-state index in [2.05, 4.69) is 9.47 Å². The predicted octanol–water partition coefficient (Wildman–Crippen LogP) is 5.05. The van der Waals surface area contributed by atoms with Crippen molar-refractivity contribution in [2.45, 2.75) is 0 Å². The molecule has 0 saturated heterocycles. The predicted molar refractivity (Wildman–Crippen MR) is 116 cm³/mol. The van der Waals surface area contributed by atoms with Gasteiger partial charge in [-0.25, -0.2) is 19.2 Å². The van der Waals surface area contributed by atoms with E-state index in [0.717, 1.165) is 10.8 Å². The van der Waals surface area contributed by atoms with E-state index in [1.54, 1.807) is 36.4 Å². The second-order valence-corrected chi connectivity index (χ2v) is 7.58. The number of carbonyl (C=O) groups excluding carboxylic acids is 4. The van der Waals surface area contributed by atoms with Gasteiger partial charge in [0.1, 0.15) is 23.0 Å². The van der Waals surface area contributed by atoms with Crippen LogP contribution in [0.2, 0.25) is 0 Å². The van der Waals surface area contributed by atoms with Crippen LogP contribution in [0.15, 0.2) is 72.8 Å². The van der Waals surface area contributed by atoms with Gasteiger partial charge in [-0.2, -0.15) is 0 Å². The molecule has 8 heteroatoms. The number of esters is 4. The number of hydrogen-bond donors (Lipinski definition) is 0. The van der Waals surface area contributed by atoms with Crippen molar-refractivity contribution in [3.63, 3.8) is 0 Å². The third-order valence-electron chi connectivity index (χ3n) is 5.53. The van der Waals surface area contributed by atoms with E-state index in [1.165, 1.54) is 24.3 Å². The monoisotopic (exact) mass is 452 g/mol. The molecule has 0 aromatic heterocycles. The van der Waals surface area contributed by atoms with Crippen LogP contribution in [0.3, 0.4) is 0 Å². The van der Waals surface area contributed by atoms with Crippen molar-refractivity contribution in [1.29, 1.82) is 0 Å². The zero-order chi connectivity index (χ0) is 23.4. The molecule has 0 fully saturated rings. The minimum absolute atomic E-state index is 0.153. The molecular formula is C26H12O8. The van der Waals surface area contributed by atoms with Crippen LogP contribution in [0.4, 0.5) is 0 Å². The molecule has 2 aliphatic heterocycles. The molecule has 4 aromatic carbocycles. The summed E-state index contributed by atoms with van der Waals surface area (Å²) in [5, 5.41) is 1.46. The highest BCUT2D eigenvalue weighted by molar-refractivity contribution is 6.15. The maximum atomic E-state index is 11.9. The summed E-state index contributed by atoms with van der Waals surface area (Å²) in [5.74, 6) is -1.03. The van der Waals surface area contributed by atoms with E-state index in [-0.39, 0.29) is 22.3 Å². The fourth-order valence-corrected chi connectivity index (χ4v) is 3.94. The first-order valence-corrected chi connectivity index (χ1v) is 10.2. The molecular weight excluding hydrogens is 440 g/mol. The van der Waals surface area contributed by atoms with Gasteiger partial charge >= 0.3 is 23.9 Å². The fourth-order valence-electron chi connectivity index (χ4n) is 3.94. The maximum Gasteiger partial charge on any atom is 0.347 e. The molecule has 6 rings (SSSR count). The van der Waals surface area contributed by atoms with Crippen LogP contribution in [0.5, 0.6) is 23.0 Å². The SMILES string of the molecule is O=C1OC(=O)c2cc(Oc3cccc4c(Oc5ccc6c(c5)C(=O)OC6=O)cccc34)ccc21. The summed E-state index contributed by atoms with van der Waals surface area (Å²) in [6.07, 6.45) is 0. The Balaban J connectivity index is 1.34. The highest BCUT2D eigenvalue weighted by Gasteiger charge is 2.31. The van der Waals surface area contributed by atoms with Crippen LogP contribution in [-0.2, 0) is 9.47 Å². The zero-order valence-corrected chi connectivity index (χ0v) is 17.2. The lowest BCUT2D eigenvalue weighted by molar-refractivity contribution is 0.0425. The first-order chi connectivity index (χ1) is 16.5. The van der Waals surface area contributed by atoms with Crippen LogP contribution >= 0.6 is 0 Å². The van der Waals surface area contributed by atoms with Crippen molar-refractivity contribution in [3.05, 3.63) is 95.1 Å². The molecule has 0 aliphatic carbocycles. The molecule has 0 atom stereocenters. The lowest BCUT2D eigenvalue weighted by atomic mass is 10.1. The van der Waals surface area contributed by atoms with Crippen LogP contribution in [0.25, 0.3) is 10.8 Å². The van der Waals surface area contributed by atoms with Crippen LogP contribution in [0, 0.1) is 0 Å². The van der Waals surface area contributed by atoms with Gasteiger partial charge in [0.25, 0.3) is 0 Å². The average Bonchev–Trinajstić information content (AvgIpc) is 3.28. The lowest BCUT2D eigenvalue weighted by Gasteiger charge is -2.13. The van der Waals surface area contributed by atoms with Crippen molar-refractivity contribution >= 4 is 34.6 Å². The third kappa shape index (κ3) is 3.08. The summed E-state index contributed by atoms with van der Waals surface area (Å²) >= 11 is 0. The van der Waals surface area contributed by atoms with Gasteiger partial charge in [-0.05, 0) is 48.5 Å². The van der Waals surface area contributed by atoms with E-state index in [4.69, 9.17) is 9.47 Å². The van der Waals surface area contributed by atoms with Gasteiger partial charge in [-0.1, -0.05) is 24.3 Å². The van der Waals surface area contributed by atoms with Gasteiger partial charge in [0.2, 0.25) is 0 Å². The molecule has 2 aliphatic rings. The molecule has 0 amide bonds. The minimum atomic E-state index is -0.709. The Labute approximate surface area is 191 Å². The highest BCUT2D eigenvalue weighted by atomic mass is 16.6. The smallest absolute Gasteiger partial charge is 0.347 e. The van der Waals surface area contributed by atoms with Crippen molar-refractivity contribution in [2.75, 3.05) is 0 Å². The number of fused-ring (bicyclic) bond motifs is 3. The number of carbonyl (C=O) groups is 4. The number of ether oxygens (including phenoxy) is 4. The van der Waals surface area contributed by atoms with Crippen molar-refractivity contribution in [2.24, 2.45) is 0 Å². The Morgan fingerprint density at radius 3 is 1.32 bits per heavy atom. The van der Waals surface area contributed by atoms with E-state index in [9.17, 15) is 19.2 Å². The summed E-state index contributed by atoms with van der Waals surface area (Å²) in [6.45, 7) is 0. The Hall–Kier alpha value is -4.98. The summed E-state index contributed by atoms with van der Waals surface area (Å²) in [6, 6.07) is 19.9. The van der Waals surface area contributed by atoms with Gasteiger partial charge in [-0.3, -0.25) is 0 Å². The second-order valence-electron chi connectivity index (χ2n) is 7.58. The first-order valence-electron chi connectivity index (χ1n) is 10.2. The standard InChI is InChI=1S/C26H12O8/c27-23-17-9-7-13(11-19(17)25(29)33-23)31-21-5-1-3-15-16(21)4-2-6-22(15)32-14-8-10-18-20(12-14)26(30)34-24(18)28/h1-12H. The van der Waals surface area contributed by atoms with Crippen molar-refractivity contribution in [3.8, 4) is 23.0 Å². The van der Waals surface area contributed by atoms with Gasteiger partial charge < -0.3 is 18.9 Å². The van der Waals surface area contributed by atoms with Crippen molar-refractivity contribution < 1.29 is 38.1 Å². The molecule has 0 spiro atoms. The second kappa shape index (κ2) is 7.28. The Bertz CT molecular complexity index is 1460. The quantitative estimate of drug-likeness (QED) is 0.313. The zero-order valence-electron chi connectivity index (χ0n) is 17.2. The Morgan fingerprint density at radius 2 is 0.882 bits per heavy atom. The average molecular weight is 452 g/mol. The van der Waals surface area contributed by atoms with E-state index in [0.29, 0.717) is 23.0 Å². The molecule has 0 unspecified atom stereocenters. The molecule has 34 heavy (non-hydrogen) atoms. The molecule has 2 heterocycles. The Kier molecular flexibility index (Phi) is 4.21. The number of rotatable bonds is 4. The fraction of sp³-hybridized carbons (Fsp3) is 0. The molecule has 0 bridgehead atoms. The van der Waals surface area contributed by atoms with Gasteiger partial charge in [0, 0.05) is 10.8 Å². The normalized spacial score (nSPS) is 14.0. The lowest BCUT2D eigenvalue weighted by Crippen LogP contribution is -1.97. The minimum Gasteiger partial charge on any atom is -0.457 e. The molecule has 0 radical (unpaired) electrons. The molecule has 4 aromatic rings. The summed E-state index contributed by atoms with van der Waals surface area (Å²) in [5.41, 5.74) is 0.706. The molecule has 164 valence electrons. The number of cyclic esters (lactones) is 4. The topological polar surface area (TPSA) is 105 Å². The van der Waals surface area contributed by atoms with Crippen molar-refractivity contribution in [1.82, 2.24) is 0 Å². The van der Waals surface area contributed by atoms with Gasteiger partial charge in [-0.15, -0.1) is 0 Å². The van der Waals surface area contributed by atoms with E-state index in [1.807, 2.05) is 12.1 Å². The largest absolute Gasteiger partial charge is 0.457 e. The summed E-state index contributed by atoms with van der Waals surface area (Å²) < 4.78 is 21.3. The molecule has 8 nitrogen and oxygen atoms in total. The maximum absolute atomic E-state index is 11.9. The summed E-state index contributed by atoms with van der Waals surface area (Å²) in [4.78, 5) is 47.0. The first kappa shape index (κ1) is 19.7. The van der Waals surface area contributed by atoms with Gasteiger partial charge in [0.05, 0.1) is 22.3 Å².